The Balaban J connectivity index is 1.97. The zero-order valence-electron chi connectivity index (χ0n) is 11.8. The number of hydrogen-bond donors (Lipinski definition) is 1. The molecule has 0 saturated heterocycles. The van der Waals surface area contributed by atoms with Gasteiger partial charge in [-0.15, -0.1) is 0 Å². The molecule has 5 heteroatoms. The van der Waals surface area contributed by atoms with Crippen LogP contribution in [-0.2, 0) is 9.84 Å². The first-order chi connectivity index (χ1) is 9.53. The number of nitrogens with one attached hydrogen (secondary N) is 1. The van der Waals surface area contributed by atoms with Gasteiger partial charge in [0.05, 0.1) is 10.6 Å². The molecule has 2 rings (SSSR count). The van der Waals surface area contributed by atoms with Gasteiger partial charge < -0.3 is 5.32 Å². The van der Waals surface area contributed by atoms with Gasteiger partial charge in [-0.2, -0.15) is 0 Å². The van der Waals surface area contributed by atoms with Crippen LogP contribution in [0.1, 0.15) is 32.6 Å². The summed E-state index contributed by atoms with van der Waals surface area (Å²) in [5, 5.41) is 4.03. The summed E-state index contributed by atoms with van der Waals surface area (Å²) in [5.74, 6) is 0.707. The van der Waals surface area contributed by atoms with Crippen LogP contribution in [0.5, 0.6) is 0 Å². The maximum Gasteiger partial charge on any atom is 0.178 e. The normalized spacial score (nSPS) is 23.1. The monoisotopic (exact) mass is 315 g/mol. The number of sulfone groups is 1. The summed E-state index contributed by atoms with van der Waals surface area (Å²) >= 11 is 5.79. The minimum Gasteiger partial charge on any atom is -0.314 e. The molecule has 0 amide bonds. The average Bonchev–Trinajstić information content (AvgIpc) is 2.85. The molecule has 2 atom stereocenters. The minimum absolute atomic E-state index is 0.223. The summed E-state index contributed by atoms with van der Waals surface area (Å²) in [7, 11) is -3.19. The van der Waals surface area contributed by atoms with Crippen molar-refractivity contribution >= 4 is 21.4 Å². The second-order valence-corrected chi connectivity index (χ2v) is 7.96. The maximum atomic E-state index is 12.3. The van der Waals surface area contributed by atoms with E-state index in [4.69, 9.17) is 11.6 Å². The van der Waals surface area contributed by atoms with E-state index in [-0.39, 0.29) is 5.75 Å². The van der Waals surface area contributed by atoms with Crippen molar-refractivity contribution in [2.75, 3.05) is 12.3 Å². The lowest BCUT2D eigenvalue weighted by Gasteiger charge is -2.20. The molecule has 2 unspecified atom stereocenters. The van der Waals surface area contributed by atoms with Gasteiger partial charge in [-0.05, 0) is 56.0 Å². The largest absolute Gasteiger partial charge is 0.314 e. The van der Waals surface area contributed by atoms with E-state index in [1.807, 2.05) is 0 Å². The predicted octanol–water partition coefficient (Wildman–Crippen LogP) is 3.28. The zero-order valence-corrected chi connectivity index (χ0v) is 13.4. The number of hydrogen-bond acceptors (Lipinski definition) is 3. The van der Waals surface area contributed by atoms with Gasteiger partial charge in [-0.25, -0.2) is 8.42 Å². The highest BCUT2D eigenvalue weighted by molar-refractivity contribution is 7.91. The van der Waals surface area contributed by atoms with Crippen molar-refractivity contribution in [3.8, 4) is 0 Å². The Bertz CT molecular complexity index is 527. The van der Waals surface area contributed by atoms with Gasteiger partial charge in [0, 0.05) is 11.1 Å². The quantitative estimate of drug-likeness (QED) is 0.876. The van der Waals surface area contributed by atoms with Crippen LogP contribution in [0.4, 0.5) is 0 Å². The second kappa shape index (κ2) is 6.92. The van der Waals surface area contributed by atoms with E-state index < -0.39 is 9.84 Å². The van der Waals surface area contributed by atoms with Crippen molar-refractivity contribution in [3.05, 3.63) is 29.3 Å². The third-order valence-electron chi connectivity index (χ3n) is 4.06. The van der Waals surface area contributed by atoms with Gasteiger partial charge >= 0.3 is 0 Å². The molecule has 3 nitrogen and oxygen atoms in total. The van der Waals surface area contributed by atoms with E-state index in [0.717, 1.165) is 19.4 Å². The first-order valence-electron chi connectivity index (χ1n) is 7.24. The Morgan fingerprint density at radius 3 is 2.60 bits per heavy atom. The van der Waals surface area contributed by atoms with Crippen molar-refractivity contribution in [1.29, 1.82) is 0 Å². The summed E-state index contributed by atoms with van der Waals surface area (Å²) < 4.78 is 24.6. The van der Waals surface area contributed by atoms with Crippen LogP contribution in [-0.4, -0.2) is 26.8 Å². The van der Waals surface area contributed by atoms with E-state index in [1.54, 1.807) is 24.3 Å². The number of benzene rings is 1. The molecule has 0 spiro atoms. The van der Waals surface area contributed by atoms with Gasteiger partial charge in [0.2, 0.25) is 0 Å². The van der Waals surface area contributed by atoms with Crippen LogP contribution in [0.25, 0.3) is 0 Å². The van der Waals surface area contributed by atoms with Crippen LogP contribution in [0.2, 0.25) is 5.02 Å². The topological polar surface area (TPSA) is 46.2 Å². The molecule has 1 aromatic rings. The van der Waals surface area contributed by atoms with E-state index in [0.29, 0.717) is 21.9 Å². The van der Waals surface area contributed by atoms with E-state index in [2.05, 4.69) is 12.2 Å². The van der Waals surface area contributed by atoms with Crippen molar-refractivity contribution < 1.29 is 8.42 Å². The zero-order chi connectivity index (χ0) is 14.6. The van der Waals surface area contributed by atoms with Crippen molar-refractivity contribution in [3.63, 3.8) is 0 Å². The Labute approximate surface area is 126 Å². The highest BCUT2D eigenvalue weighted by Gasteiger charge is 2.28. The molecule has 1 saturated carbocycles. The molecular formula is C15H22ClNO2S. The highest BCUT2D eigenvalue weighted by atomic mass is 35.5. The lowest BCUT2D eigenvalue weighted by atomic mass is 10.0. The van der Waals surface area contributed by atoms with Crippen LogP contribution >= 0.6 is 11.6 Å². The summed E-state index contributed by atoms with van der Waals surface area (Å²) in [6, 6.07) is 6.93. The second-order valence-electron chi connectivity index (χ2n) is 5.42. The molecule has 0 radical (unpaired) electrons. The summed E-state index contributed by atoms with van der Waals surface area (Å²) in [6.45, 7) is 3.05. The third-order valence-corrected chi connectivity index (χ3v) is 6.07. The molecule has 20 heavy (non-hydrogen) atoms. The molecule has 0 heterocycles. The maximum absolute atomic E-state index is 12.3. The molecular weight excluding hydrogens is 294 g/mol. The van der Waals surface area contributed by atoms with Gasteiger partial charge in [0.15, 0.2) is 9.84 Å². The van der Waals surface area contributed by atoms with Gasteiger partial charge in [-0.3, -0.25) is 0 Å². The van der Waals surface area contributed by atoms with Crippen molar-refractivity contribution in [2.45, 2.75) is 43.5 Å². The Morgan fingerprint density at radius 1 is 1.25 bits per heavy atom. The first kappa shape index (κ1) is 15.8. The molecule has 1 N–H and O–H groups in total. The fourth-order valence-electron chi connectivity index (χ4n) is 2.98. The fourth-order valence-corrected chi connectivity index (χ4v) is 4.51. The van der Waals surface area contributed by atoms with Gasteiger partial charge in [0.1, 0.15) is 0 Å². The standard InChI is InChI=1S/C15H22ClNO2S/c1-2-17-15-5-3-4-12(15)10-11-20(18,19)14-8-6-13(16)7-9-14/h6-9,12,15,17H,2-5,10-11H2,1H3. The third kappa shape index (κ3) is 3.96. The Hall–Kier alpha value is -0.580. The minimum atomic E-state index is -3.19. The molecule has 0 aromatic heterocycles. The number of halogens is 1. The van der Waals surface area contributed by atoms with Crippen molar-refractivity contribution in [1.82, 2.24) is 5.32 Å². The van der Waals surface area contributed by atoms with Crippen molar-refractivity contribution in [2.24, 2.45) is 5.92 Å². The molecule has 1 aliphatic rings. The van der Waals surface area contributed by atoms with Crippen LogP contribution in [0.15, 0.2) is 29.2 Å². The van der Waals surface area contributed by atoms with Crippen LogP contribution in [0.3, 0.4) is 0 Å². The summed E-state index contributed by atoms with van der Waals surface area (Å²) in [6.07, 6.45) is 4.24. The van der Waals surface area contributed by atoms with Crippen LogP contribution in [0, 0.1) is 5.92 Å². The van der Waals surface area contributed by atoms with Gasteiger partial charge in [-0.1, -0.05) is 24.9 Å². The lowest BCUT2D eigenvalue weighted by molar-refractivity contribution is 0.398. The molecule has 0 aliphatic heterocycles. The van der Waals surface area contributed by atoms with Gasteiger partial charge in [0.25, 0.3) is 0 Å². The molecule has 1 fully saturated rings. The Morgan fingerprint density at radius 2 is 1.95 bits per heavy atom. The number of rotatable bonds is 6. The van der Waals surface area contributed by atoms with E-state index >= 15 is 0 Å². The molecule has 112 valence electrons. The molecule has 1 aliphatic carbocycles. The first-order valence-corrected chi connectivity index (χ1v) is 9.27. The van der Waals surface area contributed by atoms with E-state index in [9.17, 15) is 8.42 Å². The molecule has 0 bridgehead atoms. The predicted molar refractivity (Wildman–Crippen MR) is 82.9 cm³/mol. The lowest BCUT2D eigenvalue weighted by Crippen LogP contribution is -2.33. The SMILES string of the molecule is CCNC1CCCC1CCS(=O)(=O)c1ccc(Cl)cc1. The fraction of sp³-hybridized carbons (Fsp3) is 0.600. The highest BCUT2D eigenvalue weighted by Crippen LogP contribution is 2.29. The molecule has 1 aromatic carbocycles. The van der Waals surface area contributed by atoms with Crippen LogP contribution < -0.4 is 5.32 Å². The average molecular weight is 316 g/mol. The Kier molecular flexibility index (Phi) is 5.47. The van der Waals surface area contributed by atoms with E-state index in [1.165, 1.54) is 12.8 Å². The smallest absolute Gasteiger partial charge is 0.178 e. The summed E-state index contributed by atoms with van der Waals surface area (Å²) in [5.41, 5.74) is 0. The summed E-state index contributed by atoms with van der Waals surface area (Å²) in [4.78, 5) is 0.375.